The quantitative estimate of drug-likeness (QED) is 0.0379. The van der Waals surface area contributed by atoms with Gasteiger partial charge < -0.3 is 9.26 Å². The third kappa shape index (κ3) is 7.93. The number of thioether (sulfide) groups is 1. The standard InChI is InChI=1S/C30H25F2N2O8PS2/c1-29(2,3)28(36)44-15-14-40-43(39,42-24-9-4-19(18-33)5-10-24)30(31,32)21-6-13-25-20(16-21)17-26(45-25)27(35)41-23-11-7-22(8-12-23)34(37)38/h4-13,16-17H,14-15H2,1-3H3. The Balaban J connectivity index is 1.59. The zero-order valence-corrected chi connectivity index (χ0v) is 26.5. The Labute approximate surface area is 264 Å². The molecule has 0 aliphatic rings. The number of benzene rings is 3. The summed E-state index contributed by atoms with van der Waals surface area (Å²) in [5.74, 6) is -1.03. The highest BCUT2D eigenvalue weighted by Gasteiger charge is 2.56. The molecule has 1 heterocycles. The molecule has 3 aromatic carbocycles. The number of hydrogen-bond donors (Lipinski definition) is 0. The summed E-state index contributed by atoms with van der Waals surface area (Å²) in [5, 5.41) is 19.9. The molecule has 0 saturated heterocycles. The number of carbonyl (C=O) groups is 2. The number of hydrogen-bond acceptors (Lipinski definition) is 11. The normalized spacial score (nSPS) is 13.1. The van der Waals surface area contributed by atoms with Crippen LogP contribution in [0.5, 0.6) is 11.5 Å². The van der Waals surface area contributed by atoms with E-state index in [2.05, 4.69) is 0 Å². The number of nitro groups is 1. The molecule has 1 unspecified atom stereocenters. The van der Waals surface area contributed by atoms with Gasteiger partial charge in [0.05, 0.1) is 23.2 Å². The molecule has 0 radical (unpaired) electrons. The number of esters is 1. The minimum Gasteiger partial charge on any atom is -0.422 e. The van der Waals surface area contributed by atoms with Gasteiger partial charge in [0.15, 0.2) is 5.12 Å². The Kier molecular flexibility index (Phi) is 10.1. The largest absolute Gasteiger partial charge is 0.453 e. The molecule has 0 saturated carbocycles. The van der Waals surface area contributed by atoms with E-state index in [4.69, 9.17) is 19.0 Å². The number of halogens is 2. The molecule has 45 heavy (non-hydrogen) atoms. The summed E-state index contributed by atoms with van der Waals surface area (Å²) >= 11 is 1.82. The number of ether oxygens (including phenoxy) is 1. The van der Waals surface area contributed by atoms with Crippen molar-refractivity contribution in [3.05, 3.63) is 98.9 Å². The second-order valence-electron chi connectivity index (χ2n) is 10.5. The predicted octanol–water partition coefficient (Wildman–Crippen LogP) is 8.54. The molecule has 0 spiro atoms. The van der Waals surface area contributed by atoms with Crippen LogP contribution in [-0.2, 0) is 19.5 Å². The van der Waals surface area contributed by atoms with Gasteiger partial charge in [0.25, 0.3) is 5.69 Å². The number of alkyl halides is 2. The van der Waals surface area contributed by atoms with E-state index in [0.29, 0.717) is 4.70 Å². The number of thiophene rings is 1. The predicted molar refractivity (Wildman–Crippen MR) is 166 cm³/mol. The lowest BCUT2D eigenvalue weighted by molar-refractivity contribution is -0.384. The van der Waals surface area contributed by atoms with E-state index in [9.17, 15) is 24.3 Å². The number of nitrogens with zero attached hydrogens (tertiary/aromatic N) is 2. The lowest BCUT2D eigenvalue weighted by Crippen LogP contribution is -2.21. The first-order chi connectivity index (χ1) is 21.1. The number of fused-ring (bicyclic) bond motifs is 1. The van der Waals surface area contributed by atoms with E-state index in [1.165, 1.54) is 60.7 Å². The van der Waals surface area contributed by atoms with E-state index >= 15 is 8.78 Å². The van der Waals surface area contributed by atoms with Gasteiger partial charge >= 0.3 is 19.2 Å². The SMILES string of the molecule is CC(C)(C)C(=O)SCCOP(=O)(Oc1ccc(C#N)cc1)C(F)(F)c1ccc2sc(C(=O)Oc3ccc([N+](=O)[O-])cc3)cc2c1. The third-order valence-electron chi connectivity index (χ3n) is 6.07. The average molecular weight is 675 g/mol. The lowest BCUT2D eigenvalue weighted by Gasteiger charge is -2.27. The molecule has 0 bridgehead atoms. The minimum absolute atomic E-state index is 0.0516. The molecule has 4 aromatic rings. The van der Waals surface area contributed by atoms with Crippen LogP contribution in [0.4, 0.5) is 14.5 Å². The van der Waals surface area contributed by atoms with Crippen LogP contribution >= 0.6 is 30.7 Å². The average Bonchev–Trinajstić information content (AvgIpc) is 3.43. The van der Waals surface area contributed by atoms with Crippen molar-refractivity contribution in [2.24, 2.45) is 5.41 Å². The Hall–Kier alpha value is -4.15. The smallest absolute Gasteiger partial charge is 0.422 e. The highest BCUT2D eigenvalue weighted by Crippen LogP contribution is 2.66. The van der Waals surface area contributed by atoms with E-state index in [0.717, 1.165) is 35.2 Å². The fraction of sp³-hybridized carbons (Fsp3) is 0.233. The second kappa shape index (κ2) is 13.5. The number of non-ortho nitro benzene ring substituents is 1. The molecule has 0 N–H and O–H groups in total. The van der Waals surface area contributed by atoms with Gasteiger partial charge in [-0.05, 0) is 60.0 Å². The van der Waals surface area contributed by atoms with Gasteiger partial charge in [-0.25, -0.2) is 9.36 Å². The Morgan fingerprint density at radius 1 is 1.02 bits per heavy atom. The van der Waals surface area contributed by atoms with Gasteiger partial charge in [0, 0.05) is 33.6 Å². The molecule has 0 fully saturated rings. The lowest BCUT2D eigenvalue weighted by atomic mass is 10.00. The van der Waals surface area contributed by atoms with Crippen LogP contribution in [0.1, 0.15) is 41.6 Å². The number of rotatable bonds is 11. The van der Waals surface area contributed by atoms with Crippen molar-refractivity contribution in [2.45, 2.75) is 26.4 Å². The molecule has 10 nitrogen and oxygen atoms in total. The molecule has 15 heteroatoms. The van der Waals surface area contributed by atoms with E-state index in [-0.39, 0.29) is 43.9 Å². The van der Waals surface area contributed by atoms with Crippen LogP contribution in [0.15, 0.2) is 72.8 Å². The van der Waals surface area contributed by atoms with E-state index in [1.54, 1.807) is 20.8 Å². The molecule has 234 valence electrons. The van der Waals surface area contributed by atoms with Crippen molar-refractivity contribution in [3.8, 4) is 17.6 Å². The highest BCUT2D eigenvalue weighted by atomic mass is 32.2. The minimum atomic E-state index is -5.31. The van der Waals surface area contributed by atoms with Crippen LogP contribution < -0.4 is 9.26 Å². The molecule has 1 aromatic heterocycles. The number of carbonyl (C=O) groups excluding carboxylic acids is 2. The summed E-state index contributed by atoms with van der Waals surface area (Å²) in [4.78, 5) is 35.3. The van der Waals surface area contributed by atoms with Crippen LogP contribution in [0, 0.1) is 26.9 Å². The van der Waals surface area contributed by atoms with Crippen molar-refractivity contribution < 1.29 is 41.6 Å². The third-order valence-corrected chi connectivity index (χ3v) is 10.3. The Morgan fingerprint density at radius 3 is 2.27 bits per heavy atom. The second-order valence-corrected chi connectivity index (χ2v) is 14.6. The number of nitriles is 1. The van der Waals surface area contributed by atoms with Gasteiger partial charge in [0.1, 0.15) is 16.4 Å². The summed E-state index contributed by atoms with van der Waals surface area (Å²) in [6.45, 7) is 4.63. The maximum absolute atomic E-state index is 16.1. The van der Waals surface area contributed by atoms with Crippen LogP contribution in [-0.4, -0.2) is 28.4 Å². The van der Waals surface area contributed by atoms with Crippen molar-refractivity contribution in [1.82, 2.24) is 0 Å². The summed E-state index contributed by atoms with van der Waals surface area (Å²) in [5.41, 5.74) is -5.53. The molecule has 0 aliphatic heterocycles. The van der Waals surface area contributed by atoms with Gasteiger partial charge in [0.2, 0.25) is 0 Å². The summed E-state index contributed by atoms with van der Waals surface area (Å²) in [6.07, 6.45) is 0. The maximum atomic E-state index is 16.1. The Morgan fingerprint density at radius 2 is 1.67 bits per heavy atom. The molecular weight excluding hydrogens is 649 g/mol. The monoisotopic (exact) mass is 674 g/mol. The first-order valence-corrected chi connectivity index (χ1v) is 16.5. The van der Waals surface area contributed by atoms with Crippen molar-refractivity contribution >= 4 is 57.6 Å². The molecule has 1 atom stereocenters. The Bertz CT molecular complexity index is 1830. The first-order valence-electron chi connectivity index (χ1n) is 13.1. The fourth-order valence-electron chi connectivity index (χ4n) is 3.68. The van der Waals surface area contributed by atoms with Crippen molar-refractivity contribution in [2.75, 3.05) is 12.4 Å². The summed E-state index contributed by atoms with van der Waals surface area (Å²) < 4.78 is 62.3. The van der Waals surface area contributed by atoms with Gasteiger partial charge in [-0.2, -0.15) is 14.0 Å². The molecular formula is C30H25F2N2O8PS2. The number of nitro benzene ring substituents is 1. The zero-order chi connectivity index (χ0) is 33.0. The molecule has 0 aliphatic carbocycles. The van der Waals surface area contributed by atoms with Gasteiger partial charge in [-0.15, -0.1) is 11.3 Å². The highest BCUT2D eigenvalue weighted by molar-refractivity contribution is 8.13. The van der Waals surface area contributed by atoms with Crippen LogP contribution in [0.2, 0.25) is 0 Å². The molecule has 0 amide bonds. The summed E-state index contributed by atoms with van der Waals surface area (Å²) in [6, 6.07) is 16.5. The maximum Gasteiger partial charge on any atom is 0.453 e. The van der Waals surface area contributed by atoms with Gasteiger partial charge in [-0.3, -0.25) is 19.4 Å². The van der Waals surface area contributed by atoms with E-state index in [1.807, 2.05) is 6.07 Å². The fourth-order valence-corrected chi connectivity index (χ4v) is 7.03. The molecule has 4 rings (SSSR count). The zero-order valence-electron chi connectivity index (χ0n) is 24.0. The van der Waals surface area contributed by atoms with E-state index < -0.39 is 41.7 Å². The summed E-state index contributed by atoms with van der Waals surface area (Å²) in [7, 11) is -5.31. The van der Waals surface area contributed by atoms with Crippen LogP contribution in [0.25, 0.3) is 10.1 Å². The van der Waals surface area contributed by atoms with Crippen molar-refractivity contribution in [1.29, 1.82) is 5.26 Å². The van der Waals surface area contributed by atoms with Gasteiger partial charge in [-0.1, -0.05) is 38.6 Å². The first kappa shape index (κ1) is 33.7. The van der Waals surface area contributed by atoms with Crippen molar-refractivity contribution in [3.63, 3.8) is 0 Å². The van der Waals surface area contributed by atoms with Crippen LogP contribution in [0.3, 0.4) is 0 Å². The topological polar surface area (TPSA) is 146 Å².